The number of thioether (sulfide) groups is 1. The lowest BCUT2D eigenvalue weighted by atomic mass is 9.83. The number of esters is 1. The van der Waals surface area contributed by atoms with Gasteiger partial charge in [-0.2, -0.15) is 11.8 Å². The Morgan fingerprint density at radius 2 is 1.92 bits per heavy atom. The minimum atomic E-state index is -1.82. The number of halogens is 1. The number of benzene rings is 1. The number of fused-ring (bicyclic) bond motifs is 5. The summed E-state index contributed by atoms with van der Waals surface area (Å²) < 4.78 is 29.2. The molecule has 0 aliphatic carbocycles. The normalized spacial score (nSPS) is 31.3. The number of epoxide rings is 1. The number of rotatable bonds is 9. The van der Waals surface area contributed by atoms with E-state index in [-0.39, 0.29) is 30.2 Å². The van der Waals surface area contributed by atoms with Crippen LogP contribution in [-0.2, 0) is 39.8 Å². The number of amides is 3. The molecule has 3 heterocycles. The first-order chi connectivity index (χ1) is 24.8. The monoisotopic (exact) mass is 779 g/mol. The summed E-state index contributed by atoms with van der Waals surface area (Å²) in [7, 11) is 6.06. The van der Waals surface area contributed by atoms with Gasteiger partial charge in [-0.3, -0.25) is 14.9 Å². The van der Waals surface area contributed by atoms with E-state index in [9.17, 15) is 24.3 Å². The van der Waals surface area contributed by atoms with E-state index in [4.69, 9.17) is 35.3 Å². The number of anilines is 1. The topological polar surface area (TPSA) is 156 Å². The van der Waals surface area contributed by atoms with Gasteiger partial charge in [0.25, 0.3) is 0 Å². The molecule has 3 aliphatic heterocycles. The highest BCUT2D eigenvalue weighted by atomic mass is 35.5. The van der Waals surface area contributed by atoms with Crippen molar-refractivity contribution >= 4 is 52.9 Å². The Labute approximate surface area is 321 Å². The zero-order chi connectivity index (χ0) is 39.4. The van der Waals surface area contributed by atoms with Crippen LogP contribution in [0.25, 0.3) is 0 Å². The first kappa shape index (κ1) is 42.4. The molecule has 1 aromatic rings. The largest absolute Gasteiger partial charge is 0.495 e. The minimum Gasteiger partial charge on any atom is -0.495 e. The first-order valence-corrected chi connectivity index (χ1v) is 19.2. The summed E-state index contributed by atoms with van der Waals surface area (Å²) in [5, 5.41) is 14.8. The van der Waals surface area contributed by atoms with Crippen LogP contribution in [0.4, 0.5) is 10.5 Å². The maximum atomic E-state index is 14.1. The smallest absolute Gasteiger partial charge is 0.409 e. The fourth-order valence-corrected chi connectivity index (χ4v) is 7.85. The summed E-state index contributed by atoms with van der Waals surface area (Å²) in [6, 6.07) is 2.64. The van der Waals surface area contributed by atoms with Crippen LogP contribution >= 0.6 is 23.4 Å². The number of ether oxygens (including phenoxy) is 5. The second-order valence-corrected chi connectivity index (χ2v) is 16.6. The lowest BCUT2D eigenvalue weighted by molar-refractivity contribution is -0.162. The molecule has 0 spiro atoms. The molecule has 1 unspecified atom stereocenters. The van der Waals surface area contributed by atoms with E-state index >= 15 is 0 Å². The molecule has 8 atom stereocenters. The summed E-state index contributed by atoms with van der Waals surface area (Å²) in [5.74, 6) is -0.875. The molecule has 2 saturated heterocycles. The molecule has 53 heavy (non-hydrogen) atoms. The van der Waals surface area contributed by atoms with E-state index < -0.39 is 65.7 Å². The average molecular weight is 780 g/mol. The number of aliphatic hydroxyl groups is 1. The highest BCUT2D eigenvalue weighted by molar-refractivity contribution is 7.99. The van der Waals surface area contributed by atoms with Gasteiger partial charge in [0, 0.05) is 45.7 Å². The number of carbonyl (C=O) groups excluding carboxylic acids is 4. The number of nitrogens with zero attached hydrogens (tertiary/aromatic N) is 2. The Balaban J connectivity index is 1.73. The second kappa shape index (κ2) is 17.4. The molecular weight excluding hydrogens is 726 g/mol. The molecule has 294 valence electrons. The third-order valence-corrected chi connectivity index (χ3v) is 11.8. The molecular formula is C38H54ClN3O10S. The number of nitrogens with one attached hydrogen (secondary N) is 1. The van der Waals surface area contributed by atoms with Gasteiger partial charge >= 0.3 is 12.1 Å². The molecule has 0 aromatic heterocycles. The summed E-state index contributed by atoms with van der Waals surface area (Å²) in [4.78, 5) is 56.4. The number of allylic oxidation sites excluding steroid dienone is 3. The van der Waals surface area contributed by atoms with E-state index in [1.807, 2.05) is 26.8 Å². The van der Waals surface area contributed by atoms with E-state index in [1.165, 1.54) is 24.0 Å². The highest BCUT2D eigenvalue weighted by Crippen LogP contribution is 2.49. The van der Waals surface area contributed by atoms with Crippen molar-refractivity contribution in [1.29, 1.82) is 0 Å². The highest BCUT2D eigenvalue weighted by Gasteiger charge is 2.64. The van der Waals surface area contributed by atoms with Crippen LogP contribution in [0.5, 0.6) is 5.75 Å². The molecule has 2 fully saturated rings. The van der Waals surface area contributed by atoms with Crippen molar-refractivity contribution in [1.82, 2.24) is 10.2 Å². The van der Waals surface area contributed by atoms with E-state index in [0.29, 0.717) is 28.9 Å². The third kappa shape index (κ3) is 9.88. The zero-order valence-electron chi connectivity index (χ0n) is 32.3. The maximum absolute atomic E-state index is 14.1. The summed E-state index contributed by atoms with van der Waals surface area (Å²) in [6.45, 7) is 11.1. The van der Waals surface area contributed by atoms with Crippen molar-refractivity contribution in [2.45, 2.75) is 114 Å². The van der Waals surface area contributed by atoms with Gasteiger partial charge in [-0.05, 0) is 50.1 Å². The van der Waals surface area contributed by atoms with Gasteiger partial charge in [-0.15, -0.1) is 0 Å². The van der Waals surface area contributed by atoms with Crippen LogP contribution in [-0.4, -0.2) is 115 Å². The Hall–Kier alpha value is -3.30. The lowest BCUT2D eigenvalue weighted by Crippen LogP contribution is -2.63. The van der Waals surface area contributed by atoms with Gasteiger partial charge in [0.1, 0.15) is 40.7 Å². The van der Waals surface area contributed by atoms with E-state index in [1.54, 1.807) is 70.9 Å². The second-order valence-electron chi connectivity index (χ2n) is 14.6. The number of likely N-dealkylation sites (N-methyl/N-ethyl adjacent to an activating group) is 1. The fraction of sp³-hybridized carbons (Fsp3) is 0.632. The van der Waals surface area contributed by atoms with Gasteiger partial charge in [0.05, 0.1) is 25.3 Å². The summed E-state index contributed by atoms with van der Waals surface area (Å²) >= 11 is 8.41. The molecule has 2 N–H and O–H groups in total. The van der Waals surface area contributed by atoms with Crippen LogP contribution in [0.2, 0.25) is 5.02 Å². The number of methoxy groups -OCH3 is 2. The van der Waals surface area contributed by atoms with Gasteiger partial charge in [-0.1, -0.05) is 56.2 Å². The Morgan fingerprint density at radius 1 is 1.23 bits per heavy atom. The number of alkyl carbamates (subject to hydrolysis) is 1. The quantitative estimate of drug-likeness (QED) is 0.256. The number of hydrogen-bond donors (Lipinski definition) is 2. The van der Waals surface area contributed by atoms with Crippen LogP contribution in [0.3, 0.4) is 0 Å². The minimum absolute atomic E-state index is 0.0450. The standard InChI is InChI=1S/C38H54ClN3O10S/c1-21(2)53-15-14-31(43)41(7)24(5)35(45)51-30-19-32(44)42(8)26-17-25(18-27(48-9)33(26)39)16-22(3)12-11-13-29(49-10)38(47)20-28(50-36(46)40-38)23(4)34-37(30,6)52-34/h11-13,17-18,21,23-24,28-30,34,47H,14-16,19-20H2,1-10H3,(H,40,46)/b13-11+,22-12+/t23-,24+,28+,29-,30+,34+,37+,38?/m1/s1. The van der Waals surface area contributed by atoms with Gasteiger partial charge < -0.3 is 38.6 Å². The molecule has 4 bridgehead atoms. The fourth-order valence-electron chi connectivity index (χ4n) is 6.78. The molecule has 4 rings (SSSR count). The Kier molecular flexibility index (Phi) is 14.0. The third-order valence-electron chi connectivity index (χ3n) is 10.3. The van der Waals surface area contributed by atoms with Gasteiger partial charge in [0.2, 0.25) is 11.8 Å². The molecule has 3 aliphatic rings. The molecule has 13 nitrogen and oxygen atoms in total. The number of carbonyl (C=O) groups is 4. The van der Waals surface area contributed by atoms with Crippen molar-refractivity contribution < 1.29 is 48.0 Å². The van der Waals surface area contributed by atoms with Crippen LogP contribution in [0, 0.1) is 5.92 Å². The predicted octanol–water partition coefficient (Wildman–Crippen LogP) is 5.05. The van der Waals surface area contributed by atoms with Gasteiger partial charge in [0.15, 0.2) is 5.72 Å². The van der Waals surface area contributed by atoms with E-state index in [2.05, 4.69) is 5.32 Å². The van der Waals surface area contributed by atoms with Gasteiger partial charge in [-0.25, -0.2) is 9.59 Å². The van der Waals surface area contributed by atoms with Crippen molar-refractivity contribution in [2.24, 2.45) is 5.92 Å². The van der Waals surface area contributed by atoms with Crippen LogP contribution < -0.4 is 15.0 Å². The van der Waals surface area contributed by atoms with Crippen molar-refractivity contribution in [3.63, 3.8) is 0 Å². The van der Waals surface area contributed by atoms with Crippen molar-refractivity contribution in [3.05, 3.63) is 46.5 Å². The summed E-state index contributed by atoms with van der Waals surface area (Å²) in [6.07, 6.45) is 1.26. The Bertz CT molecular complexity index is 1610. The lowest BCUT2D eigenvalue weighted by Gasteiger charge is -2.42. The number of hydrogen-bond acceptors (Lipinski definition) is 11. The molecule has 0 saturated carbocycles. The molecule has 3 amide bonds. The van der Waals surface area contributed by atoms with Crippen molar-refractivity contribution in [3.8, 4) is 5.75 Å². The van der Waals surface area contributed by atoms with Crippen molar-refractivity contribution in [2.75, 3.05) is 39.0 Å². The average Bonchev–Trinajstić information content (AvgIpc) is 3.79. The Morgan fingerprint density at radius 3 is 2.57 bits per heavy atom. The first-order valence-electron chi connectivity index (χ1n) is 17.8. The maximum Gasteiger partial charge on any atom is 0.409 e. The van der Waals surface area contributed by atoms with Crippen LogP contribution in [0.15, 0.2) is 35.9 Å². The molecule has 15 heteroatoms. The molecule has 0 radical (unpaired) electrons. The van der Waals surface area contributed by atoms with Crippen LogP contribution in [0.1, 0.15) is 66.4 Å². The zero-order valence-corrected chi connectivity index (χ0v) is 33.8. The van der Waals surface area contributed by atoms with E-state index in [0.717, 1.165) is 11.1 Å². The predicted molar refractivity (Wildman–Crippen MR) is 203 cm³/mol. The molecule has 1 aromatic carbocycles. The summed E-state index contributed by atoms with van der Waals surface area (Å²) in [5.41, 5.74) is -0.883. The SMILES string of the molecule is COc1cc2cc(c1Cl)N(C)C(=O)C[C@H](OC(=O)[C@H](C)N(C)C(=O)CCSC(C)C)[C@]1(C)O[C@H]1[C@H](C)[C@@H]1CC(O)(NC(=O)O1)[C@H](OC)/C=C/C=C(\C)C2.